The summed E-state index contributed by atoms with van der Waals surface area (Å²) in [6.45, 7) is 1.92. The van der Waals surface area contributed by atoms with E-state index in [-0.39, 0.29) is 0 Å². The highest BCUT2D eigenvalue weighted by Gasteiger charge is 2.07. The summed E-state index contributed by atoms with van der Waals surface area (Å²) in [7, 11) is 0. The number of nitrogens with two attached hydrogens (primary N) is 1. The summed E-state index contributed by atoms with van der Waals surface area (Å²) in [6, 6.07) is 9.78. The highest BCUT2D eigenvalue weighted by molar-refractivity contribution is 6.35. The van der Waals surface area contributed by atoms with Crippen molar-refractivity contribution in [1.29, 1.82) is 0 Å². The van der Waals surface area contributed by atoms with E-state index in [1.54, 1.807) is 30.3 Å². The quantitative estimate of drug-likeness (QED) is 0.713. The molecule has 0 radical (unpaired) electrons. The number of nitrogens with one attached hydrogen (secondary N) is 2. The Morgan fingerprint density at radius 3 is 2.35 bits per heavy atom. The molecule has 0 spiro atoms. The molecule has 6 heteroatoms. The monoisotopic (exact) mass is 309 g/mol. The molecular formula is C14H13Cl2N3O. The summed E-state index contributed by atoms with van der Waals surface area (Å²) in [5.74, 6) is 0. The lowest BCUT2D eigenvalue weighted by Crippen LogP contribution is -2.20. The zero-order valence-corrected chi connectivity index (χ0v) is 12.2. The molecule has 2 rings (SSSR count). The van der Waals surface area contributed by atoms with E-state index >= 15 is 0 Å². The van der Waals surface area contributed by atoms with Gasteiger partial charge in [-0.3, -0.25) is 0 Å². The fourth-order valence-electron chi connectivity index (χ4n) is 1.69. The minimum atomic E-state index is -0.416. The van der Waals surface area contributed by atoms with Gasteiger partial charge < -0.3 is 16.4 Å². The van der Waals surface area contributed by atoms with Gasteiger partial charge in [0.15, 0.2) is 0 Å². The van der Waals surface area contributed by atoms with Gasteiger partial charge in [-0.25, -0.2) is 4.79 Å². The predicted octanol–water partition coefficient (Wildman–Crippen LogP) is 4.53. The standard InChI is InChI=1S/C14H13Cl2N3O/c1-8-2-3-12(17)13(4-8)19-14(20)18-11-6-9(15)5-10(16)7-11/h2-7H,17H2,1H3,(H2,18,19,20). The summed E-state index contributed by atoms with van der Waals surface area (Å²) in [4.78, 5) is 11.9. The fourth-order valence-corrected chi connectivity index (χ4v) is 2.22. The van der Waals surface area contributed by atoms with Crippen LogP contribution in [0.2, 0.25) is 10.0 Å². The average Bonchev–Trinajstić information content (AvgIpc) is 2.32. The molecule has 0 aliphatic rings. The maximum Gasteiger partial charge on any atom is 0.323 e. The number of carbonyl (C=O) groups is 1. The minimum absolute atomic E-state index is 0.416. The van der Waals surface area contributed by atoms with Crippen LogP contribution in [0.4, 0.5) is 21.9 Å². The van der Waals surface area contributed by atoms with Gasteiger partial charge in [-0.15, -0.1) is 0 Å². The predicted molar refractivity (Wildman–Crippen MR) is 84.7 cm³/mol. The topological polar surface area (TPSA) is 67.1 Å². The molecule has 2 aromatic rings. The van der Waals surface area contributed by atoms with Gasteiger partial charge >= 0.3 is 6.03 Å². The summed E-state index contributed by atoms with van der Waals surface area (Å²) < 4.78 is 0. The van der Waals surface area contributed by atoms with Gasteiger partial charge in [-0.05, 0) is 42.8 Å². The van der Waals surface area contributed by atoms with Crippen LogP contribution in [0.15, 0.2) is 36.4 Å². The van der Waals surface area contributed by atoms with Gasteiger partial charge in [-0.2, -0.15) is 0 Å². The summed E-state index contributed by atoms with van der Waals surface area (Å²) in [5, 5.41) is 6.22. The summed E-state index contributed by atoms with van der Waals surface area (Å²) >= 11 is 11.7. The molecule has 0 unspecified atom stereocenters. The second kappa shape index (κ2) is 6.03. The third-order valence-corrected chi connectivity index (χ3v) is 3.01. The molecule has 2 aromatic carbocycles. The van der Waals surface area contributed by atoms with Crippen molar-refractivity contribution in [2.45, 2.75) is 6.92 Å². The zero-order chi connectivity index (χ0) is 14.7. The van der Waals surface area contributed by atoms with Gasteiger partial charge in [0, 0.05) is 15.7 Å². The summed E-state index contributed by atoms with van der Waals surface area (Å²) in [6.07, 6.45) is 0. The lowest BCUT2D eigenvalue weighted by atomic mass is 10.2. The number of benzene rings is 2. The second-order valence-electron chi connectivity index (χ2n) is 4.33. The SMILES string of the molecule is Cc1ccc(N)c(NC(=O)Nc2cc(Cl)cc(Cl)c2)c1. The van der Waals surface area contributed by atoms with Crippen LogP contribution in [0.3, 0.4) is 0 Å². The number of aryl methyl sites for hydroxylation is 1. The molecule has 0 aliphatic heterocycles. The number of hydrogen-bond acceptors (Lipinski definition) is 2. The van der Waals surface area contributed by atoms with Gasteiger partial charge in [0.2, 0.25) is 0 Å². The first-order valence-electron chi connectivity index (χ1n) is 5.84. The number of hydrogen-bond donors (Lipinski definition) is 3. The van der Waals surface area contributed by atoms with E-state index in [0.717, 1.165) is 5.56 Å². The molecule has 20 heavy (non-hydrogen) atoms. The van der Waals surface area contributed by atoms with Crippen LogP contribution in [0.25, 0.3) is 0 Å². The molecule has 0 bridgehead atoms. The molecule has 0 aliphatic carbocycles. The van der Waals surface area contributed by atoms with Crippen molar-refractivity contribution in [3.63, 3.8) is 0 Å². The van der Waals surface area contributed by atoms with E-state index in [1.165, 1.54) is 0 Å². The Morgan fingerprint density at radius 1 is 1.05 bits per heavy atom. The van der Waals surface area contributed by atoms with Crippen molar-refractivity contribution < 1.29 is 4.79 Å². The fraction of sp³-hybridized carbons (Fsp3) is 0.0714. The third kappa shape index (κ3) is 3.79. The number of amides is 2. The maximum atomic E-state index is 11.9. The van der Waals surface area contributed by atoms with E-state index in [0.29, 0.717) is 27.1 Å². The van der Waals surface area contributed by atoms with Crippen LogP contribution >= 0.6 is 23.2 Å². The minimum Gasteiger partial charge on any atom is -0.397 e. The van der Waals surface area contributed by atoms with Crippen molar-refractivity contribution in [1.82, 2.24) is 0 Å². The van der Waals surface area contributed by atoms with Crippen molar-refractivity contribution in [3.05, 3.63) is 52.0 Å². The first-order valence-corrected chi connectivity index (χ1v) is 6.60. The number of halogens is 2. The average molecular weight is 310 g/mol. The van der Waals surface area contributed by atoms with E-state index in [2.05, 4.69) is 10.6 Å². The molecule has 0 aromatic heterocycles. The number of rotatable bonds is 2. The van der Waals surface area contributed by atoms with Gasteiger partial charge in [-0.1, -0.05) is 29.3 Å². The lowest BCUT2D eigenvalue weighted by Gasteiger charge is -2.11. The van der Waals surface area contributed by atoms with E-state index in [9.17, 15) is 4.79 Å². The Morgan fingerprint density at radius 2 is 1.70 bits per heavy atom. The van der Waals surface area contributed by atoms with Crippen LogP contribution in [0, 0.1) is 6.92 Å². The number of urea groups is 1. The molecular weight excluding hydrogens is 297 g/mol. The Balaban J connectivity index is 2.11. The van der Waals surface area contributed by atoms with Crippen molar-refractivity contribution >= 4 is 46.3 Å². The Hall–Kier alpha value is -1.91. The molecule has 4 nitrogen and oxygen atoms in total. The molecule has 0 atom stereocenters. The highest BCUT2D eigenvalue weighted by atomic mass is 35.5. The summed E-state index contributed by atoms with van der Waals surface area (Å²) in [5.41, 5.74) is 8.35. The normalized spacial score (nSPS) is 10.2. The van der Waals surface area contributed by atoms with Gasteiger partial charge in [0.1, 0.15) is 0 Å². The van der Waals surface area contributed by atoms with Crippen molar-refractivity contribution in [2.75, 3.05) is 16.4 Å². The van der Waals surface area contributed by atoms with Crippen LogP contribution in [-0.2, 0) is 0 Å². The molecule has 2 amide bonds. The van der Waals surface area contributed by atoms with E-state index in [4.69, 9.17) is 28.9 Å². The molecule has 0 saturated heterocycles. The van der Waals surface area contributed by atoms with Crippen LogP contribution < -0.4 is 16.4 Å². The number of nitrogen functional groups attached to an aromatic ring is 1. The Kier molecular flexibility index (Phi) is 4.37. The van der Waals surface area contributed by atoms with E-state index in [1.807, 2.05) is 13.0 Å². The maximum absolute atomic E-state index is 11.9. The number of carbonyl (C=O) groups excluding carboxylic acids is 1. The first-order chi connectivity index (χ1) is 9.44. The molecule has 0 fully saturated rings. The zero-order valence-electron chi connectivity index (χ0n) is 10.7. The van der Waals surface area contributed by atoms with E-state index < -0.39 is 6.03 Å². The molecule has 0 saturated carbocycles. The van der Waals surface area contributed by atoms with Gasteiger partial charge in [0.25, 0.3) is 0 Å². The highest BCUT2D eigenvalue weighted by Crippen LogP contribution is 2.23. The van der Waals surface area contributed by atoms with Crippen LogP contribution in [0.5, 0.6) is 0 Å². The lowest BCUT2D eigenvalue weighted by molar-refractivity contribution is 0.262. The smallest absolute Gasteiger partial charge is 0.323 e. The molecule has 104 valence electrons. The largest absolute Gasteiger partial charge is 0.397 e. The molecule has 0 heterocycles. The van der Waals surface area contributed by atoms with Crippen molar-refractivity contribution in [2.24, 2.45) is 0 Å². The third-order valence-electron chi connectivity index (χ3n) is 2.58. The van der Waals surface area contributed by atoms with Gasteiger partial charge in [0.05, 0.1) is 11.4 Å². The van der Waals surface area contributed by atoms with Crippen LogP contribution in [0.1, 0.15) is 5.56 Å². The Labute approximate surface area is 126 Å². The number of anilines is 3. The van der Waals surface area contributed by atoms with Crippen molar-refractivity contribution in [3.8, 4) is 0 Å². The Bertz CT molecular complexity index is 639. The second-order valence-corrected chi connectivity index (χ2v) is 5.20. The molecule has 4 N–H and O–H groups in total. The van der Waals surface area contributed by atoms with Crippen LogP contribution in [-0.4, -0.2) is 6.03 Å². The first kappa shape index (κ1) is 14.5.